The summed E-state index contributed by atoms with van der Waals surface area (Å²) in [5, 5.41) is 9.17. The van der Waals surface area contributed by atoms with Gasteiger partial charge in [-0.3, -0.25) is 4.79 Å². The molecule has 6 nitrogen and oxygen atoms in total. The number of ether oxygens (including phenoxy) is 1. The van der Waals surface area contributed by atoms with Crippen LogP contribution in [0, 0.1) is 5.41 Å². The zero-order chi connectivity index (χ0) is 22.6. The Morgan fingerprint density at radius 2 is 1.88 bits per heavy atom. The molecule has 2 heterocycles. The summed E-state index contributed by atoms with van der Waals surface area (Å²) in [5.74, 6) is 1.92. The number of rotatable bonds is 3. The van der Waals surface area contributed by atoms with Crippen molar-refractivity contribution >= 4 is 34.9 Å². The van der Waals surface area contributed by atoms with E-state index in [9.17, 15) is 4.79 Å². The number of carbonyl (C=O) groups excluding carboxylic acids is 1. The van der Waals surface area contributed by atoms with E-state index >= 15 is 0 Å². The van der Waals surface area contributed by atoms with E-state index in [-0.39, 0.29) is 17.2 Å². The fourth-order valence-corrected chi connectivity index (χ4v) is 4.98. The molecule has 0 bridgehead atoms. The Labute approximate surface area is 196 Å². The Balaban J connectivity index is 1.67. The summed E-state index contributed by atoms with van der Waals surface area (Å²) in [6.07, 6.45) is 1.24. The van der Waals surface area contributed by atoms with Gasteiger partial charge in [0, 0.05) is 28.3 Å². The van der Waals surface area contributed by atoms with Crippen molar-refractivity contribution in [2.45, 2.75) is 32.7 Å². The van der Waals surface area contributed by atoms with Gasteiger partial charge in [-0.1, -0.05) is 49.2 Å². The van der Waals surface area contributed by atoms with Crippen molar-refractivity contribution in [3.05, 3.63) is 69.3 Å². The standard InChI is InChI=1S/C24H22Cl2N4O2/c1-24(2)11-18-20(19(31)12-24)21(13-4-7-15(32-3)8-5-13)30-23(27-18)28-22(29-30)16-9-6-14(25)10-17(16)26/h4-10,21H,11-12H2,1-3H3,(H,27,28,29). The fraction of sp³-hybridized carbons (Fsp3) is 0.292. The van der Waals surface area contributed by atoms with E-state index in [0.717, 1.165) is 29.0 Å². The zero-order valence-corrected chi connectivity index (χ0v) is 19.5. The van der Waals surface area contributed by atoms with Gasteiger partial charge >= 0.3 is 0 Å². The molecule has 5 rings (SSSR count). The highest BCUT2D eigenvalue weighted by atomic mass is 35.5. The van der Waals surface area contributed by atoms with Crippen molar-refractivity contribution in [3.63, 3.8) is 0 Å². The number of halogens is 2. The van der Waals surface area contributed by atoms with Crippen molar-refractivity contribution in [2.75, 3.05) is 12.4 Å². The summed E-state index contributed by atoms with van der Waals surface area (Å²) in [7, 11) is 1.63. The number of nitrogens with one attached hydrogen (secondary N) is 1. The lowest BCUT2D eigenvalue weighted by molar-refractivity contribution is -0.118. The van der Waals surface area contributed by atoms with Gasteiger partial charge in [-0.2, -0.15) is 4.98 Å². The van der Waals surface area contributed by atoms with Crippen LogP contribution < -0.4 is 10.1 Å². The molecule has 0 radical (unpaired) electrons. The lowest BCUT2D eigenvalue weighted by atomic mass is 9.73. The van der Waals surface area contributed by atoms with Gasteiger partial charge in [0.15, 0.2) is 11.6 Å². The van der Waals surface area contributed by atoms with Crippen LogP contribution in [0.4, 0.5) is 5.95 Å². The predicted octanol–water partition coefficient (Wildman–Crippen LogP) is 5.92. The molecule has 1 aliphatic carbocycles. The normalized spacial score (nSPS) is 19.3. The smallest absolute Gasteiger partial charge is 0.226 e. The van der Waals surface area contributed by atoms with Gasteiger partial charge < -0.3 is 10.1 Å². The van der Waals surface area contributed by atoms with E-state index in [0.29, 0.717) is 33.8 Å². The van der Waals surface area contributed by atoms with Crippen LogP contribution in [0.25, 0.3) is 11.4 Å². The number of hydrogen-bond acceptors (Lipinski definition) is 5. The molecule has 1 N–H and O–H groups in total. The summed E-state index contributed by atoms with van der Waals surface area (Å²) in [6, 6.07) is 12.6. The summed E-state index contributed by atoms with van der Waals surface area (Å²) in [5.41, 5.74) is 3.13. The first-order valence-electron chi connectivity index (χ1n) is 10.3. The number of ketones is 1. The number of carbonyl (C=O) groups is 1. The third-order valence-electron chi connectivity index (χ3n) is 5.94. The summed E-state index contributed by atoms with van der Waals surface area (Å²) >= 11 is 12.5. The quantitative estimate of drug-likeness (QED) is 0.516. The van der Waals surface area contributed by atoms with Crippen LogP contribution in [-0.4, -0.2) is 27.7 Å². The summed E-state index contributed by atoms with van der Waals surface area (Å²) < 4.78 is 7.09. The molecule has 3 aromatic rings. The van der Waals surface area contributed by atoms with Crippen molar-refractivity contribution < 1.29 is 9.53 Å². The second-order valence-corrected chi connectivity index (χ2v) is 9.81. The van der Waals surface area contributed by atoms with Crippen molar-refractivity contribution in [3.8, 4) is 17.1 Å². The molecule has 0 spiro atoms. The van der Waals surface area contributed by atoms with Gasteiger partial charge in [0.1, 0.15) is 11.8 Å². The first kappa shape index (κ1) is 21.0. The van der Waals surface area contributed by atoms with Crippen LogP contribution >= 0.6 is 23.2 Å². The van der Waals surface area contributed by atoms with Crippen molar-refractivity contribution in [1.82, 2.24) is 14.8 Å². The lowest BCUT2D eigenvalue weighted by Crippen LogP contribution is -2.36. The maximum atomic E-state index is 13.3. The minimum Gasteiger partial charge on any atom is -0.497 e. The van der Waals surface area contributed by atoms with E-state index in [4.69, 9.17) is 38.0 Å². The molecule has 32 heavy (non-hydrogen) atoms. The van der Waals surface area contributed by atoms with Crippen LogP contribution in [0.5, 0.6) is 5.75 Å². The maximum Gasteiger partial charge on any atom is 0.226 e. The topological polar surface area (TPSA) is 69.0 Å². The second kappa shape index (κ2) is 7.64. The van der Waals surface area contributed by atoms with Gasteiger partial charge in [0.2, 0.25) is 5.95 Å². The summed E-state index contributed by atoms with van der Waals surface area (Å²) in [6.45, 7) is 4.22. The number of Topliss-reactive ketones (excluding diaryl/α,β-unsaturated/α-hetero) is 1. The molecule has 1 aromatic heterocycles. The van der Waals surface area contributed by atoms with Crippen LogP contribution in [0.15, 0.2) is 53.7 Å². The Morgan fingerprint density at radius 1 is 1.12 bits per heavy atom. The largest absolute Gasteiger partial charge is 0.497 e. The first-order valence-corrected chi connectivity index (χ1v) is 11.1. The predicted molar refractivity (Wildman–Crippen MR) is 125 cm³/mol. The molecule has 2 aliphatic rings. The Hall–Kier alpha value is -2.83. The van der Waals surface area contributed by atoms with Crippen molar-refractivity contribution in [2.24, 2.45) is 5.41 Å². The molecule has 0 fully saturated rings. The van der Waals surface area contributed by atoms with Crippen LogP contribution in [-0.2, 0) is 4.79 Å². The van der Waals surface area contributed by atoms with Crippen LogP contribution in [0.1, 0.15) is 38.3 Å². The molecule has 2 aromatic carbocycles. The number of fused-ring (bicyclic) bond motifs is 1. The third-order valence-corrected chi connectivity index (χ3v) is 6.48. The molecule has 1 unspecified atom stereocenters. The maximum absolute atomic E-state index is 13.3. The van der Waals surface area contributed by atoms with Crippen molar-refractivity contribution in [1.29, 1.82) is 0 Å². The average molecular weight is 469 g/mol. The van der Waals surface area contributed by atoms with Gasteiger partial charge in [-0.05, 0) is 47.7 Å². The molecule has 164 valence electrons. The molecular weight excluding hydrogens is 447 g/mol. The molecule has 1 aliphatic heterocycles. The summed E-state index contributed by atoms with van der Waals surface area (Å²) in [4.78, 5) is 18.0. The van der Waals surface area contributed by atoms with E-state index in [1.165, 1.54) is 0 Å². The Morgan fingerprint density at radius 3 is 2.56 bits per heavy atom. The van der Waals surface area contributed by atoms with E-state index in [1.54, 1.807) is 30.0 Å². The lowest BCUT2D eigenvalue weighted by Gasteiger charge is -2.38. The van der Waals surface area contributed by atoms with Gasteiger partial charge in [0.25, 0.3) is 0 Å². The molecule has 0 saturated heterocycles. The molecular formula is C24H22Cl2N4O2. The number of methoxy groups -OCH3 is 1. The minimum absolute atomic E-state index is 0.122. The number of anilines is 1. The average Bonchev–Trinajstić information content (AvgIpc) is 3.14. The Kier molecular flexibility index (Phi) is 5.02. The number of hydrogen-bond donors (Lipinski definition) is 1. The van der Waals surface area contributed by atoms with E-state index < -0.39 is 0 Å². The number of aromatic nitrogens is 3. The highest BCUT2D eigenvalue weighted by Gasteiger charge is 2.42. The van der Waals surface area contributed by atoms with Gasteiger partial charge in [-0.15, -0.1) is 5.10 Å². The molecule has 0 saturated carbocycles. The Bertz CT molecular complexity index is 1260. The fourth-order valence-electron chi connectivity index (χ4n) is 4.49. The van der Waals surface area contributed by atoms with E-state index in [2.05, 4.69) is 19.2 Å². The number of benzene rings is 2. The highest BCUT2D eigenvalue weighted by molar-refractivity contribution is 6.36. The molecule has 1 atom stereocenters. The van der Waals surface area contributed by atoms with Crippen LogP contribution in [0.3, 0.4) is 0 Å². The molecule has 0 amide bonds. The minimum atomic E-state index is -0.386. The van der Waals surface area contributed by atoms with E-state index in [1.807, 2.05) is 24.3 Å². The second-order valence-electron chi connectivity index (χ2n) is 8.96. The zero-order valence-electron chi connectivity index (χ0n) is 17.9. The SMILES string of the molecule is COc1ccc(C2C3=C(CC(C)(C)CC3=O)Nc3nc(-c4ccc(Cl)cc4Cl)nn32)cc1. The first-order chi connectivity index (χ1) is 15.3. The third kappa shape index (κ3) is 3.57. The molecule has 8 heteroatoms. The number of nitrogens with zero attached hydrogens (tertiary/aromatic N) is 3. The number of allylic oxidation sites excluding steroid dienone is 2. The van der Waals surface area contributed by atoms with Gasteiger partial charge in [-0.25, -0.2) is 4.68 Å². The highest BCUT2D eigenvalue weighted by Crippen LogP contribution is 2.46. The van der Waals surface area contributed by atoms with Crippen LogP contribution in [0.2, 0.25) is 10.0 Å². The monoisotopic (exact) mass is 468 g/mol. The van der Waals surface area contributed by atoms with Gasteiger partial charge in [0.05, 0.1) is 12.1 Å².